The fourth-order valence-electron chi connectivity index (χ4n) is 2.40. The Hall–Kier alpha value is -2.94. The molecule has 0 aliphatic heterocycles. The molecule has 1 heterocycles. The van der Waals surface area contributed by atoms with Crippen LogP contribution in [0.1, 0.15) is 21.8 Å². The van der Waals surface area contributed by atoms with Gasteiger partial charge in [-0.1, -0.05) is 23.4 Å². The number of carbonyl (C=O) groups excluding carboxylic acids is 1. The quantitative estimate of drug-likeness (QED) is 0.676. The van der Waals surface area contributed by atoms with Crippen molar-refractivity contribution in [2.75, 3.05) is 6.26 Å². The number of halogens is 2. The van der Waals surface area contributed by atoms with Crippen LogP contribution >= 0.6 is 0 Å². The molecule has 3 aromatic rings. The summed E-state index contributed by atoms with van der Waals surface area (Å²) in [7, 11) is -3.08. The molecular weight excluding hydrogens is 376 g/mol. The van der Waals surface area contributed by atoms with Crippen LogP contribution in [0.2, 0.25) is 0 Å². The lowest BCUT2D eigenvalue weighted by atomic mass is 10.1. The Morgan fingerprint density at radius 3 is 2.67 bits per heavy atom. The molecule has 0 saturated heterocycles. The van der Waals surface area contributed by atoms with Crippen LogP contribution in [0, 0.1) is 18.6 Å². The van der Waals surface area contributed by atoms with E-state index in [9.17, 15) is 17.8 Å². The Kier molecular flexibility index (Phi) is 5.13. The first-order valence-electron chi connectivity index (χ1n) is 7.82. The number of amides is 1. The van der Waals surface area contributed by atoms with E-state index in [2.05, 4.69) is 14.5 Å². The lowest BCUT2D eigenvalue weighted by Gasteiger charge is -2.06. The highest BCUT2D eigenvalue weighted by Gasteiger charge is 2.14. The van der Waals surface area contributed by atoms with Crippen LogP contribution in [0.15, 0.2) is 51.4 Å². The maximum Gasteiger partial charge on any atom is 0.285 e. The molecule has 9 heteroatoms. The lowest BCUT2D eigenvalue weighted by Crippen LogP contribution is -2.07. The average molecular weight is 391 g/mol. The maximum absolute atomic E-state index is 13.8. The van der Waals surface area contributed by atoms with Gasteiger partial charge in [0, 0.05) is 35.9 Å². The number of aromatic nitrogens is 2. The van der Waals surface area contributed by atoms with Crippen LogP contribution in [0.4, 0.5) is 8.78 Å². The molecule has 0 radical (unpaired) electrons. The Bertz CT molecular complexity index is 1130. The number of nitrogens with zero attached hydrogens (tertiary/aromatic N) is 3. The van der Waals surface area contributed by atoms with Gasteiger partial charge in [-0.25, -0.2) is 13.0 Å². The summed E-state index contributed by atoms with van der Waals surface area (Å²) in [4.78, 5) is 16.5. The zero-order chi connectivity index (χ0) is 19.6. The molecular formula is C18H15F2N3O3S. The molecule has 1 amide bonds. The van der Waals surface area contributed by atoms with E-state index < -0.39 is 27.3 Å². The molecule has 27 heavy (non-hydrogen) atoms. The van der Waals surface area contributed by atoms with Gasteiger partial charge in [0.1, 0.15) is 11.6 Å². The summed E-state index contributed by atoms with van der Waals surface area (Å²) in [6.45, 7) is 1.64. The highest BCUT2D eigenvalue weighted by Crippen LogP contribution is 2.19. The molecule has 0 aliphatic rings. The van der Waals surface area contributed by atoms with E-state index in [1.165, 1.54) is 24.5 Å². The van der Waals surface area contributed by atoms with Gasteiger partial charge in [-0.3, -0.25) is 4.79 Å². The SMILES string of the molecule is Cc1nc(-c2cccc(C(=O)N=S(C)(=O)Cc3ccc(F)cc3F)c2)no1. The fourth-order valence-corrected chi connectivity index (χ4v) is 3.73. The maximum atomic E-state index is 13.8. The number of rotatable bonds is 4. The minimum absolute atomic E-state index is 0.0245. The second-order valence-corrected chi connectivity index (χ2v) is 8.34. The Balaban J connectivity index is 1.87. The molecule has 0 saturated carbocycles. The van der Waals surface area contributed by atoms with E-state index in [-0.39, 0.29) is 16.9 Å². The Morgan fingerprint density at radius 2 is 2.00 bits per heavy atom. The molecule has 3 rings (SSSR count). The Morgan fingerprint density at radius 1 is 1.22 bits per heavy atom. The summed E-state index contributed by atoms with van der Waals surface area (Å²) in [5, 5.41) is 3.78. The van der Waals surface area contributed by atoms with Gasteiger partial charge in [0.2, 0.25) is 11.7 Å². The summed E-state index contributed by atoms with van der Waals surface area (Å²) in [5.41, 5.74) is 0.751. The highest BCUT2D eigenvalue weighted by atomic mass is 32.2. The molecule has 0 spiro atoms. The molecule has 1 aromatic heterocycles. The van der Waals surface area contributed by atoms with Crippen LogP contribution < -0.4 is 0 Å². The van der Waals surface area contributed by atoms with Crippen molar-refractivity contribution in [2.45, 2.75) is 12.7 Å². The monoisotopic (exact) mass is 391 g/mol. The van der Waals surface area contributed by atoms with E-state index in [0.717, 1.165) is 6.07 Å². The van der Waals surface area contributed by atoms with E-state index in [1.54, 1.807) is 19.1 Å². The first kappa shape index (κ1) is 18.8. The van der Waals surface area contributed by atoms with Crippen molar-refractivity contribution in [1.82, 2.24) is 10.1 Å². The van der Waals surface area contributed by atoms with Gasteiger partial charge in [-0.2, -0.15) is 9.35 Å². The lowest BCUT2D eigenvalue weighted by molar-refractivity contribution is 0.100. The van der Waals surface area contributed by atoms with Gasteiger partial charge in [-0.05, 0) is 18.2 Å². The second-order valence-electron chi connectivity index (χ2n) is 5.95. The Labute approximate surface area is 154 Å². The van der Waals surface area contributed by atoms with E-state index in [4.69, 9.17) is 4.52 Å². The number of aryl methyl sites for hydroxylation is 1. The molecule has 0 aliphatic carbocycles. The van der Waals surface area contributed by atoms with Crippen molar-refractivity contribution in [1.29, 1.82) is 0 Å². The van der Waals surface area contributed by atoms with Crippen molar-refractivity contribution in [3.05, 3.63) is 71.1 Å². The van der Waals surface area contributed by atoms with Gasteiger partial charge < -0.3 is 4.52 Å². The van der Waals surface area contributed by atoms with Crippen molar-refractivity contribution in [2.24, 2.45) is 4.36 Å². The zero-order valence-corrected chi connectivity index (χ0v) is 15.3. The average Bonchev–Trinajstić information content (AvgIpc) is 3.03. The minimum Gasteiger partial charge on any atom is -0.339 e. The summed E-state index contributed by atoms with van der Waals surface area (Å²) in [6, 6.07) is 9.27. The summed E-state index contributed by atoms with van der Waals surface area (Å²) in [5.74, 6) is -1.90. The zero-order valence-electron chi connectivity index (χ0n) is 14.5. The van der Waals surface area contributed by atoms with Crippen LogP contribution in [-0.2, 0) is 15.5 Å². The van der Waals surface area contributed by atoms with Crippen LogP contribution in [-0.4, -0.2) is 26.5 Å². The number of benzene rings is 2. The smallest absolute Gasteiger partial charge is 0.285 e. The van der Waals surface area contributed by atoms with Crippen LogP contribution in [0.5, 0.6) is 0 Å². The van der Waals surface area contributed by atoms with Gasteiger partial charge in [0.25, 0.3) is 5.91 Å². The first-order chi connectivity index (χ1) is 12.7. The normalized spacial score (nSPS) is 13.2. The third kappa shape index (κ3) is 4.62. The molecule has 2 aromatic carbocycles. The van der Waals surface area contributed by atoms with Gasteiger partial charge in [0.05, 0.1) is 15.5 Å². The number of carbonyl (C=O) groups is 1. The molecule has 1 unspecified atom stereocenters. The topological polar surface area (TPSA) is 85.4 Å². The van der Waals surface area contributed by atoms with Gasteiger partial charge in [0.15, 0.2) is 0 Å². The van der Waals surface area contributed by atoms with E-state index in [0.29, 0.717) is 23.3 Å². The van der Waals surface area contributed by atoms with Crippen molar-refractivity contribution in [3.63, 3.8) is 0 Å². The number of hydrogen-bond donors (Lipinski definition) is 0. The molecule has 140 valence electrons. The molecule has 1 atom stereocenters. The van der Waals surface area contributed by atoms with Crippen LogP contribution in [0.3, 0.4) is 0 Å². The highest BCUT2D eigenvalue weighted by molar-refractivity contribution is 7.92. The third-order valence-electron chi connectivity index (χ3n) is 3.61. The van der Waals surface area contributed by atoms with Gasteiger partial charge in [-0.15, -0.1) is 0 Å². The van der Waals surface area contributed by atoms with E-state index in [1.807, 2.05) is 0 Å². The second kappa shape index (κ2) is 7.36. The summed E-state index contributed by atoms with van der Waals surface area (Å²) < 4.78 is 48.1. The number of hydrogen-bond acceptors (Lipinski definition) is 5. The van der Waals surface area contributed by atoms with Gasteiger partial charge >= 0.3 is 0 Å². The predicted molar refractivity (Wildman–Crippen MR) is 95.4 cm³/mol. The predicted octanol–water partition coefficient (Wildman–Crippen LogP) is 3.76. The molecule has 0 bridgehead atoms. The summed E-state index contributed by atoms with van der Waals surface area (Å²) in [6.07, 6.45) is 1.25. The molecule has 0 fully saturated rings. The summed E-state index contributed by atoms with van der Waals surface area (Å²) >= 11 is 0. The van der Waals surface area contributed by atoms with Crippen LogP contribution in [0.25, 0.3) is 11.4 Å². The molecule has 6 nitrogen and oxygen atoms in total. The first-order valence-corrected chi connectivity index (χ1v) is 9.91. The largest absolute Gasteiger partial charge is 0.339 e. The van der Waals surface area contributed by atoms with Crippen molar-refractivity contribution in [3.8, 4) is 11.4 Å². The van der Waals surface area contributed by atoms with Crippen molar-refractivity contribution < 1.29 is 22.3 Å². The fraction of sp³-hybridized carbons (Fsp3) is 0.167. The van der Waals surface area contributed by atoms with E-state index >= 15 is 0 Å². The van der Waals surface area contributed by atoms with Crippen molar-refractivity contribution >= 4 is 15.6 Å². The third-order valence-corrected chi connectivity index (χ3v) is 5.01. The minimum atomic E-state index is -3.08. The standard InChI is InChI=1S/C18H15F2N3O3S/c1-11-21-17(22-26-11)12-4-3-5-13(8-12)18(24)23-27(2,25)10-14-6-7-15(19)9-16(14)20/h3-9H,10H2,1-2H3. The molecule has 0 N–H and O–H groups in total.